The molecule has 1 aliphatic rings. The van der Waals surface area contributed by atoms with E-state index in [1.165, 1.54) is 6.07 Å². The molecule has 3 amide bonds. The van der Waals surface area contributed by atoms with Crippen molar-refractivity contribution in [2.24, 2.45) is 16.9 Å². The van der Waals surface area contributed by atoms with Crippen LogP contribution < -0.4 is 21.5 Å². The summed E-state index contributed by atoms with van der Waals surface area (Å²) in [5.74, 6) is -1.48. The van der Waals surface area contributed by atoms with Crippen LogP contribution in [0.1, 0.15) is 41.3 Å². The number of hydrogen-bond acceptors (Lipinski definition) is 5. The van der Waals surface area contributed by atoms with E-state index in [0.29, 0.717) is 31.7 Å². The minimum absolute atomic E-state index is 0.0295. The topological polar surface area (TPSA) is 128 Å². The molecule has 0 aliphatic carbocycles. The lowest BCUT2D eigenvalue weighted by Gasteiger charge is -2.40. The number of likely N-dealkylation sites (tertiary alicyclic amines) is 1. The van der Waals surface area contributed by atoms with Gasteiger partial charge in [-0.05, 0) is 43.0 Å². The Hall–Kier alpha value is -3.17. The molecule has 0 bridgehead atoms. The highest BCUT2D eigenvalue weighted by atomic mass is 35.5. The van der Waals surface area contributed by atoms with Crippen LogP contribution in [0, 0.1) is 11.2 Å². The third kappa shape index (κ3) is 6.10. The fraction of sp³-hybridized carbons (Fsp3) is 0.400. The van der Waals surface area contributed by atoms with Crippen LogP contribution in [-0.2, 0) is 22.6 Å². The predicted octanol–water partition coefficient (Wildman–Crippen LogP) is 2.40. The highest BCUT2D eigenvalue weighted by Crippen LogP contribution is 2.34. The van der Waals surface area contributed by atoms with Gasteiger partial charge < -0.3 is 26.4 Å². The summed E-state index contributed by atoms with van der Waals surface area (Å²) in [7, 11) is 0. The fourth-order valence-corrected chi connectivity index (χ4v) is 4.32. The Bertz CT molecular complexity index is 1100. The van der Waals surface area contributed by atoms with Crippen LogP contribution in [0.15, 0.2) is 36.4 Å². The van der Waals surface area contributed by atoms with Crippen molar-refractivity contribution in [2.45, 2.75) is 32.7 Å². The van der Waals surface area contributed by atoms with Gasteiger partial charge >= 0.3 is 0 Å². The van der Waals surface area contributed by atoms with Crippen molar-refractivity contribution in [2.75, 3.05) is 26.2 Å². The maximum Gasteiger partial charge on any atom is 0.252 e. The summed E-state index contributed by atoms with van der Waals surface area (Å²) in [4.78, 5) is 39.0. The highest BCUT2D eigenvalue weighted by molar-refractivity contribution is 6.30. The molecule has 0 aromatic heterocycles. The molecule has 10 heteroatoms. The summed E-state index contributed by atoms with van der Waals surface area (Å²) in [5, 5.41) is 2.77. The number of piperidine rings is 1. The smallest absolute Gasteiger partial charge is 0.252 e. The average Bonchev–Trinajstić information content (AvgIpc) is 2.87. The third-order valence-corrected chi connectivity index (χ3v) is 6.72. The molecule has 0 atom stereocenters. The van der Waals surface area contributed by atoms with E-state index >= 15 is 0 Å². The molecular weight excluding hydrogens is 475 g/mol. The lowest BCUT2D eigenvalue weighted by Crippen LogP contribution is -2.53. The molecule has 0 radical (unpaired) electrons. The van der Waals surface area contributed by atoms with Crippen molar-refractivity contribution in [3.63, 3.8) is 0 Å². The minimum Gasteiger partial charge on any atom is -0.492 e. The van der Waals surface area contributed by atoms with Gasteiger partial charge in [-0.2, -0.15) is 0 Å². The Labute approximate surface area is 208 Å². The van der Waals surface area contributed by atoms with Gasteiger partial charge in [0.25, 0.3) is 5.91 Å². The zero-order valence-electron chi connectivity index (χ0n) is 19.6. The minimum atomic E-state index is -1.02. The number of rotatable bonds is 9. The molecule has 2 aromatic carbocycles. The van der Waals surface area contributed by atoms with Gasteiger partial charge in [-0.1, -0.05) is 36.7 Å². The first kappa shape index (κ1) is 26.4. The van der Waals surface area contributed by atoms with E-state index in [9.17, 15) is 18.8 Å². The van der Waals surface area contributed by atoms with Gasteiger partial charge in [0.05, 0.1) is 22.5 Å². The maximum atomic E-state index is 14.3. The van der Waals surface area contributed by atoms with E-state index in [4.69, 9.17) is 27.8 Å². The summed E-state index contributed by atoms with van der Waals surface area (Å²) in [5.41, 5.74) is 11.4. The van der Waals surface area contributed by atoms with Gasteiger partial charge in [0.1, 0.15) is 18.2 Å². The van der Waals surface area contributed by atoms with Crippen LogP contribution in [0.2, 0.25) is 5.02 Å². The number of aryl methyl sites for hydroxylation is 1. The van der Waals surface area contributed by atoms with Gasteiger partial charge in [0, 0.05) is 25.2 Å². The number of amides is 3. The van der Waals surface area contributed by atoms with Crippen molar-refractivity contribution < 1.29 is 23.5 Å². The molecule has 8 nitrogen and oxygen atoms in total. The van der Waals surface area contributed by atoms with Crippen molar-refractivity contribution >= 4 is 29.3 Å². The Balaban J connectivity index is 1.82. The molecule has 188 valence electrons. The van der Waals surface area contributed by atoms with E-state index < -0.39 is 17.1 Å². The van der Waals surface area contributed by atoms with Gasteiger partial charge in [0.15, 0.2) is 0 Å². The first-order valence-corrected chi connectivity index (χ1v) is 11.8. The molecule has 1 saturated heterocycles. The molecule has 0 unspecified atom stereocenters. The summed E-state index contributed by atoms with van der Waals surface area (Å²) in [6.07, 6.45) is 1.34. The van der Waals surface area contributed by atoms with Gasteiger partial charge in [-0.3, -0.25) is 14.4 Å². The zero-order chi connectivity index (χ0) is 25.6. The van der Waals surface area contributed by atoms with Crippen LogP contribution >= 0.6 is 11.6 Å². The number of halogens is 2. The number of nitrogens with two attached hydrogens (primary N) is 2. The number of ether oxygens (including phenoxy) is 1. The maximum absolute atomic E-state index is 14.3. The summed E-state index contributed by atoms with van der Waals surface area (Å²) in [6.45, 7) is 2.38. The summed E-state index contributed by atoms with van der Waals surface area (Å²) >= 11 is 5.85. The highest BCUT2D eigenvalue weighted by Gasteiger charge is 2.43. The van der Waals surface area contributed by atoms with E-state index in [0.717, 1.165) is 12.0 Å². The Morgan fingerprint density at radius 1 is 1.20 bits per heavy atom. The second-order valence-electron chi connectivity index (χ2n) is 8.60. The molecule has 0 saturated carbocycles. The van der Waals surface area contributed by atoms with Gasteiger partial charge in [0.2, 0.25) is 11.8 Å². The van der Waals surface area contributed by atoms with Crippen LogP contribution in [0.3, 0.4) is 0 Å². The number of nitrogens with zero attached hydrogens (tertiary/aromatic N) is 1. The van der Waals surface area contributed by atoms with Gasteiger partial charge in [-0.25, -0.2) is 4.39 Å². The van der Waals surface area contributed by atoms with E-state index in [1.807, 2.05) is 6.92 Å². The SMILES string of the molecule is CCc1ccc(C(N)=O)c(OCC2(C(=O)NCc3cccc(Cl)c3F)CCN(C(=O)CN)CC2)c1. The standard InChI is InChI=1S/C25H30ClFN4O4/c1-2-16-6-7-18(23(29)33)20(12-16)35-15-25(8-10-31(11-9-25)21(32)13-28)24(34)30-14-17-4-3-5-19(26)22(17)27/h3-7,12H,2,8-11,13-15,28H2,1H3,(H2,29,33)(H,30,34). The molecule has 1 fully saturated rings. The van der Waals surface area contributed by atoms with E-state index in [1.54, 1.807) is 35.2 Å². The molecule has 35 heavy (non-hydrogen) atoms. The van der Waals surface area contributed by atoms with Crippen molar-refractivity contribution in [3.8, 4) is 5.75 Å². The lowest BCUT2D eigenvalue weighted by molar-refractivity contribution is -0.141. The number of hydrogen-bond donors (Lipinski definition) is 3. The number of carbonyl (C=O) groups is 3. The number of carbonyl (C=O) groups excluding carboxylic acids is 3. The van der Waals surface area contributed by atoms with Crippen LogP contribution in [0.5, 0.6) is 5.75 Å². The second kappa shape index (κ2) is 11.5. The van der Waals surface area contributed by atoms with Gasteiger partial charge in [-0.15, -0.1) is 0 Å². The first-order valence-electron chi connectivity index (χ1n) is 11.5. The number of benzene rings is 2. The summed E-state index contributed by atoms with van der Waals surface area (Å²) < 4.78 is 20.4. The Kier molecular flexibility index (Phi) is 8.69. The van der Waals surface area contributed by atoms with Crippen molar-refractivity contribution in [3.05, 3.63) is 63.9 Å². The number of primary amides is 1. The molecule has 2 aromatic rings. The molecular formula is C25H30ClFN4O4. The zero-order valence-corrected chi connectivity index (χ0v) is 20.4. The third-order valence-electron chi connectivity index (χ3n) is 6.42. The second-order valence-corrected chi connectivity index (χ2v) is 9.01. The average molecular weight is 505 g/mol. The van der Waals surface area contributed by atoms with E-state index in [-0.39, 0.29) is 47.7 Å². The van der Waals surface area contributed by atoms with Crippen molar-refractivity contribution in [1.29, 1.82) is 0 Å². The quantitative estimate of drug-likeness (QED) is 0.483. The first-order chi connectivity index (χ1) is 16.7. The Morgan fingerprint density at radius 3 is 2.54 bits per heavy atom. The molecule has 3 rings (SSSR count). The molecule has 1 aliphatic heterocycles. The van der Waals surface area contributed by atoms with Crippen LogP contribution in [0.4, 0.5) is 4.39 Å². The molecule has 1 heterocycles. The van der Waals surface area contributed by atoms with Crippen LogP contribution in [0.25, 0.3) is 0 Å². The monoisotopic (exact) mass is 504 g/mol. The summed E-state index contributed by atoms with van der Waals surface area (Å²) in [6, 6.07) is 9.72. The van der Waals surface area contributed by atoms with E-state index in [2.05, 4.69) is 5.32 Å². The predicted molar refractivity (Wildman–Crippen MR) is 130 cm³/mol. The Morgan fingerprint density at radius 2 is 1.91 bits per heavy atom. The van der Waals surface area contributed by atoms with Crippen molar-refractivity contribution in [1.82, 2.24) is 10.2 Å². The largest absolute Gasteiger partial charge is 0.492 e. The normalized spacial score (nSPS) is 14.9. The lowest BCUT2D eigenvalue weighted by atomic mass is 9.78. The van der Waals surface area contributed by atoms with Crippen LogP contribution in [-0.4, -0.2) is 48.9 Å². The number of nitrogens with one attached hydrogen (secondary N) is 1. The molecule has 5 N–H and O–H groups in total. The fourth-order valence-electron chi connectivity index (χ4n) is 4.12. The molecule has 0 spiro atoms.